The normalized spacial score (nSPS) is 14.7. The maximum absolute atomic E-state index is 5.79. The molecule has 1 aromatic rings. The van der Waals surface area contributed by atoms with Crippen LogP contribution in [0.3, 0.4) is 0 Å². The first kappa shape index (κ1) is 17.7. The Balaban J connectivity index is 0.00000289. The number of nitrogens with one attached hydrogen (secondary N) is 1. The van der Waals surface area contributed by atoms with Gasteiger partial charge in [-0.15, -0.1) is 24.0 Å². The lowest BCUT2D eigenvalue weighted by Gasteiger charge is -2.14. The summed E-state index contributed by atoms with van der Waals surface area (Å²) in [6.07, 6.45) is 0. The van der Waals surface area contributed by atoms with Crippen LogP contribution in [0.15, 0.2) is 21.8 Å². The summed E-state index contributed by atoms with van der Waals surface area (Å²) in [6.45, 7) is 5.48. The van der Waals surface area contributed by atoms with E-state index in [1.807, 2.05) is 6.92 Å². The van der Waals surface area contributed by atoms with Crippen LogP contribution in [0.4, 0.5) is 0 Å². The van der Waals surface area contributed by atoms with Crippen molar-refractivity contribution in [3.63, 3.8) is 0 Å². The van der Waals surface area contributed by atoms with E-state index in [1.54, 1.807) is 18.4 Å². The Morgan fingerprint density at radius 1 is 1.56 bits per heavy atom. The highest BCUT2D eigenvalue weighted by molar-refractivity contribution is 14.0. The molecule has 0 bridgehead atoms. The molecule has 2 unspecified atom stereocenters. The van der Waals surface area contributed by atoms with Crippen LogP contribution in [0.2, 0.25) is 0 Å². The Hall–Kier alpha value is -0.340. The smallest absolute Gasteiger partial charge is 0.188 e. The summed E-state index contributed by atoms with van der Waals surface area (Å²) >= 11 is 1.71. The second-order valence-corrected chi connectivity index (χ2v) is 4.96. The average molecular weight is 383 g/mol. The standard InChI is InChI=1S/C12H21N3OS.HI/c1-9(11-4-5-17-8-11)6-14-12(13)15-10(2)7-16-3;/h4-5,8-10H,6-7H2,1-3H3,(H3,13,14,15);1H. The van der Waals surface area contributed by atoms with Gasteiger partial charge >= 0.3 is 0 Å². The first-order valence-electron chi connectivity index (χ1n) is 5.71. The van der Waals surface area contributed by atoms with Crippen molar-refractivity contribution < 1.29 is 4.74 Å². The van der Waals surface area contributed by atoms with Crippen molar-refractivity contribution >= 4 is 41.3 Å². The molecule has 0 saturated heterocycles. The van der Waals surface area contributed by atoms with Gasteiger partial charge in [-0.25, -0.2) is 0 Å². The molecule has 0 aliphatic carbocycles. The largest absolute Gasteiger partial charge is 0.383 e. The fourth-order valence-corrected chi connectivity index (χ4v) is 2.27. The minimum Gasteiger partial charge on any atom is -0.383 e. The summed E-state index contributed by atoms with van der Waals surface area (Å²) in [5.74, 6) is 0.885. The van der Waals surface area contributed by atoms with Gasteiger partial charge in [-0.3, -0.25) is 4.99 Å². The Labute approximate surface area is 130 Å². The SMILES string of the molecule is COCC(C)NC(N)=NCC(C)c1ccsc1.I. The lowest BCUT2D eigenvalue weighted by molar-refractivity contribution is 0.179. The average Bonchev–Trinajstić information content (AvgIpc) is 2.79. The first-order chi connectivity index (χ1) is 8.13. The zero-order chi connectivity index (χ0) is 12.7. The van der Waals surface area contributed by atoms with E-state index in [-0.39, 0.29) is 30.0 Å². The van der Waals surface area contributed by atoms with Gasteiger partial charge < -0.3 is 15.8 Å². The Kier molecular flexibility index (Phi) is 9.39. The zero-order valence-corrected chi connectivity index (χ0v) is 14.2. The molecule has 0 spiro atoms. The molecule has 18 heavy (non-hydrogen) atoms. The highest BCUT2D eigenvalue weighted by atomic mass is 127. The van der Waals surface area contributed by atoms with Crippen molar-refractivity contribution in [1.29, 1.82) is 0 Å². The molecule has 1 aromatic heterocycles. The third-order valence-electron chi connectivity index (χ3n) is 2.46. The molecular weight excluding hydrogens is 361 g/mol. The molecule has 1 rings (SSSR count). The fourth-order valence-electron chi connectivity index (χ4n) is 1.49. The van der Waals surface area contributed by atoms with Gasteiger partial charge in [0.1, 0.15) is 0 Å². The van der Waals surface area contributed by atoms with Crippen LogP contribution < -0.4 is 11.1 Å². The van der Waals surface area contributed by atoms with Crippen LogP contribution in [0.1, 0.15) is 25.3 Å². The van der Waals surface area contributed by atoms with E-state index in [0.717, 1.165) is 0 Å². The maximum Gasteiger partial charge on any atom is 0.188 e. The number of halogens is 1. The molecule has 0 amide bonds. The van der Waals surface area contributed by atoms with E-state index in [2.05, 4.69) is 34.1 Å². The van der Waals surface area contributed by atoms with Gasteiger partial charge in [-0.05, 0) is 29.3 Å². The monoisotopic (exact) mass is 383 g/mol. The Morgan fingerprint density at radius 2 is 2.28 bits per heavy atom. The third kappa shape index (κ3) is 6.55. The second-order valence-electron chi connectivity index (χ2n) is 4.18. The third-order valence-corrected chi connectivity index (χ3v) is 3.16. The van der Waals surface area contributed by atoms with Gasteiger partial charge in [-0.2, -0.15) is 11.3 Å². The van der Waals surface area contributed by atoms with Crippen LogP contribution in [0.5, 0.6) is 0 Å². The molecule has 0 aromatic carbocycles. The van der Waals surface area contributed by atoms with E-state index in [1.165, 1.54) is 5.56 Å². The zero-order valence-electron chi connectivity index (χ0n) is 11.1. The molecule has 104 valence electrons. The predicted molar refractivity (Wildman–Crippen MR) is 89.1 cm³/mol. The summed E-state index contributed by atoms with van der Waals surface area (Å²) in [6, 6.07) is 2.31. The number of hydrogen-bond donors (Lipinski definition) is 2. The summed E-state index contributed by atoms with van der Waals surface area (Å²) < 4.78 is 5.02. The van der Waals surface area contributed by atoms with Gasteiger partial charge in [0.15, 0.2) is 5.96 Å². The number of aliphatic imine (C=N–C) groups is 1. The molecule has 6 heteroatoms. The van der Waals surface area contributed by atoms with Crippen molar-refractivity contribution in [2.24, 2.45) is 10.7 Å². The summed E-state index contributed by atoms with van der Waals surface area (Å²) in [5.41, 5.74) is 7.11. The number of thiophene rings is 1. The maximum atomic E-state index is 5.79. The predicted octanol–water partition coefficient (Wildman–Crippen LogP) is 2.41. The van der Waals surface area contributed by atoms with Crippen molar-refractivity contribution in [1.82, 2.24) is 5.32 Å². The van der Waals surface area contributed by atoms with Crippen LogP contribution in [0.25, 0.3) is 0 Å². The van der Waals surface area contributed by atoms with Gasteiger partial charge in [0.05, 0.1) is 6.61 Å². The molecule has 0 aliphatic rings. The molecular formula is C12H22IN3OS. The molecule has 0 fully saturated rings. The van der Waals surface area contributed by atoms with Crippen LogP contribution in [0, 0.1) is 0 Å². The van der Waals surface area contributed by atoms with Gasteiger partial charge in [-0.1, -0.05) is 6.92 Å². The molecule has 3 N–H and O–H groups in total. The lowest BCUT2D eigenvalue weighted by Crippen LogP contribution is -2.40. The minimum absolute atomic E-state index is 0. The van der Waals surface area contributed by atoms with Crippen molar-refractivity contribution in [2.45, 2.75) is 25.8 Å². The number of rotatable bonds is 6. The molecule has 4 nitrogen and oxygen atoms in total. The first-order valence-corrected chi connectivity index (χ1v) is 6.65. The number of ether oxygens (including phenoxy) is 1. The van der Waals surface area contributed by atoms with Crippen molar-refractivity contribution in [3.05, 3.63) is 22.4 Å². The summed E-state index contributed by atoms with van der Waals surface area (Å²) in [4.78, 5) is 4.33. The van der Waals surface area contributed by atoms with Crippen LogP contribution >= 0.6 is 35.3 Å². The molecule has 1 heterocycles. The number of nitrogens with zero attached hydrogens (tertiary/aromatic N) is 1. The van der Waals surface area contributed by atoms with E-state index >= 15 is 0 Å². The molecule has 0 radical (unpaired) electrons. The molecule has 0 saturated carbocycles. The molecule has 2 atom stereocenters. The van der Waals surface area contributed by atoms with Crippen LogP contribution in [-0.2, 0) is 4.74 Å². The highest BCUT2D eigenvalue weighted by Crippen LogP contribution is 2.17. The highest BCUT2D eigenvalue weighted by Gasteiger charge is 2.06. The summed E-state index contributed by atoms with van der Waals surface area (Å²) in [7, 11) is 1.67. The molecule has 0 aliphatic heterocycles. The van der Waals surface area contributed by atoms with Gasteiger partial charge in [0, 0.05) is 25.6 Å². The second kappa shape index (κ2) is 9.57. The minimum atomic E-state index is 0. The van der Waals surface area contributed by atoms with Crippen molar-refractivity contribution in [3.8, 4) is 0 Å². The number of guanidine groups is 1. The fraction of sp³-hybridized carbons (Fsp3) is 0.583. The van der Waals surface area contributed by atoms with Gasteiger partial charge in [0.25, 0.3) is 0 Å². The van der Waals surface area contributed by atoms with E-state index in [9.17, 15) is 0 Å². The lowest BCUT2D eigenvalue weighted by atomic mass is 10.1. The Bertz CT molecular complexity index is 343. The van der Waals surface area contributed by atoms with E-state index in [4.69, 9.17) is 10.5 Å². The Morgan fingerprint density at radius 3 is 2.83 bits per heavy atom. The number of hydrogen-bond acceptors (Lipinski definition) is 3. The van der Waals surface area contributed by atoms with Crippen LogP contribution in [-0.4, -0.2) is 32.3 Å². The van der Waals surface area contributed by atoms with Gasteiger partial charge in [0.2, 0.25) is 0 Å². The van der Waals surface area contributed by atoms with Crippen molar-refractivity contribution in [2.75, 3.05) is 20.3 Å². The topological polar surface area (TPSA) is 59.6 Å². The number of nitrogens with two attached hydrogens (primary N) is 1. The summed E-state index contributed by atoms with van der Waals surface area (Å²) in [5, 5.41) is 7.32. The van der Waals surface area contributed by atoms with E-state index < -0.39 is 0 Å². The van der Waals surface area contributed by atoms with E-state index in [0.29, 0.717) is 25.0 Å². The number of methoxy groups -OCH3 is 1. The quantitative estimate of drug-likeness (QED) is 0.451.